The number of piperidine rings is 1. The van der Waals surface area contributed by atoms with Gasteiger partial charge in [-0.1, -0.05) is 6.92 Å². The Morgan fingerprint density at radius 3 is 2.78 bits per heavy atom. The van der Waals surface area contributed by atoms with Gasteiger partial charge in [0, 0.05) is 12.6 Å². The van der Waals surface area contributed by atoms with Crippen molar-refractivity contribution in [1.29, 1.82) is 0 Å². The SMILES string of the molecule is CCOc1ccc(OCC)c(NC(=O)CN2CCC[C@H](C)C2)c1. The highest BCUT2D eigenvalue weighted by Crippen LogP contribution is 2.29. The molecule has 0 bridgehead atoms. The van der Waals surface area contributed by atoms with E-state index in [0.29, 0.717) is 37.1 Å². The number of anilines is 1. The van der Waals surface area contributed by atoms with Crippen LogP contribution in [-0.4, -0.2) is 43.7 Å². The molecule has 1 aromatic rings. The third-order valence-corrected chi connectivity index (χ3v) is 3.94. The number of nitrogens with one attached hydrogen (secondary N) is 1. The third-order valence-electron chi connectivity index (χ3n) is 3.94. The first-order valence-corrected chi connectivity index (χ1v) is 8.54. The third kappa shape index (κ3) is 5.43. The molecule has 1 atom stereocenters. The molecule has 2 rings (SSSR count). The first-order valence-electron chi connectivity index (χ1n) is 8.54. The summed E-state index contributed by atoms with van der Waals surface area (Å²) in [6, 6.07) is 5.52. The molecule has 0 radical (unpaired) electrons. The van der Waals surface area contributed by atoms with Crippen LogP contribution in [0.1, 0.15) is 33.6 Å². The van der Waals surface area contributed by atoms with Crippen LogP contribution >= 0.6 is 0 Å². The number of carbonyl (C=O) groups excluding carboxylic acids is 1. The van der Waals surface area contributed by atoms with Gasteiger partial charge < -0.3 is 14.8 Å². The van der Waals surface area contributed by atoms with Crippen molar-refractivity contribution < 1.29 is 14.3 Å². The van der Waals surface area contributed by atoms with Gasteiger partial charge in [-0.25, -0.2) is 0 Å². The maximum atomic E-state index is 12.4. The van der Waals surface area contributed by atoms with E-state index < -0.39 is 0 Å². The number of hydrogen-bond acceptors (Lipinski definition) is 4. The van der Waals surface area contributed by atoms with E-state index in [0.717, 1.165) is 18.8 Å². The first-order chi connectivity index (χ1) is 11.1. The Hall–Kier alpha value is -1.75. The van der Waals surface area contributed by atoms with E-state index in [2.05, 4.69) is 17.1 Å². The summed E-state index contributed by atoms with van der Waals surface area (Å²) in [6.07, 6.45) is 2.42. The summed E-state index contributed by atoms with van der Waals surface area (Å²) in [6.45, 7) is 9.66. The molecular weight excluding hydrogens is 292 g/mol. The Bertz CT molecular complexity index is 519. The van der Waals surface area contributed by atoms with E-state index in [1.54, 1.807) is 0 Å². The number of likely N-dealkylation sites (tertiary alicyclic amines) is 1. The normalized spacial score (nSPS) is 18.5. The number of carbonyl (C=O) groups is 1. The first kappa shape index (κ1) is 17.6. The topological polar surface area (TPSA) is 50.8 Å². The average molecular weight is 320 g/mol. The van der Waals surface area contributed by atoms with Gasteiger partial charge in [-0.2, -0.15) is 0 Å². The van der Waals surface area contributed by atoms with Crippen LogP contribution in [0.3, 0.4) is 0 Å². The zero-order chi connectivity index (χ0) is 16.7. The lowest BCUT2D eigenvalue weighted by molar-refractivity contribution is -0.117. The Balaban J connectivity index is 2.01. The molecular formula is C18H28N2O3. The smallest absolute Gasteiger partial charge is 0.238 e. The molecule has 0 aromatic heterocycles. The van der Waals surface area contributed by atoms with Crippen molar-refractivity contribution in [3.05, 3.63) is 18.2 Å². The summed E-state index contributed by atoms with van der Waals surface area (Å²) in [7, 11) is 0. The Morgan fingerprint density at radius 1 is 1.30 bits per heavy atom. The lowest BCUT2D eigenvalue weighted by Gasteiger charge is -2.30. The summed E-state index contributed by atoms with van der Waals surface area (Å²) < 4.78 is 11.1. The number of benzene rings is 1. The lowest BCUT2D eigenvalue weighted by Crippen LogP contribution is -2.39. The number of amides is 1. The molecule has 1 saturated heterocycles. The maximum Gasteiger partial charge on any atom is 0.238 e. The van der Waals surface area contributed by atoms with Gasteiger partial charge >= 0.3 is 0 Å². The average Bonchev–Trinajstić information content (AvgIpc) is 2.50. The molecule has 0 saturated carbocycles. The van der Waals surface area contributed by atoms with Gasteiger partial charge in [-0.3, -0.25) is 9.69 Å². The van der Waals surface area contributed by atoms with E-state index in [1.807, 2.05) is 32.0 Å². The zero-order valence-electron chi connectivity index (χ0n) is 14.4. The van der Waals surface area contributed by atoms with Crippen LogP contribution in [0.15, 0.2) is 18.2 Å². The fourth-order valence-electron chi connectivity index (χ4n) is 2.97. The fraction of sp³-hybridized carbons (Fsp3) is 0.611. The van der Waals surface area contributed by atoms with Gasteiger partial charge in [0.1, 0.15) is 11.5 Å². The molecule has 1 N–H and O–H groups in total. The predicted octanol–water partition coefficient (Wildman–Crippen LogP) is 3.15. The van der Waals surface area contributed by atoms with Gasteiger partial charge in [0.15, 0.2) is 0 Å². The molecule has 1 fully saturated rings. The van der Waals surface area contributed by atoms with Crippen LogP contribution in [0.2, 0.25) is 0 Å². The zero-order valence-corrected chi connectivity index (χ0v) is 14.4. The van der Waals surface area contributed by atoms with Crippen LogP contribution in [0.5, 0.6) is 11.5 Å². The van der Waals surface area contributed by atoms with Crippen molar-refractivity contribution in [3.8, 4) is 11.5 Å². The number of ether oxygens (including phenoxy) is 2. The molecule has 5 nitrogen and oxygen atoms in total. The van der Waals surface area contributed by atoms with Crippen molar-refractivity contribution in [2.75, 3.05) is 38.2 Å². The molecule has 1 aromatic carbocycles. The summed E-state index contributed by atoms with van der Waals surface area (Å²) >= 11 is 0. The van der Waals surface area contributed by atoms with Crippen LogP contribution in [-0.2, 0) is 4.79 Å². The van der Waals surface area contributed by atoms with E-state index >= 15 is 0 Å². The highest BCUT2D eigenvalue weighted by Gasteiger charge is 2.19. The molecule has 128 valence electrons. The number of rotatable bonds is 7. The molecule has 0 aliphatic carbocycles. The summed E-state index contributed by atoms with van der Waals surface area (Å²) in [5, 5.41) is 2.97. The van der Waals surface area contributed by atoms with E-state index in [9.17, 15) is 4.79 Å². The largest absolute Gasteiger partial charge is 0.494 e. The summed E-state index contributed by atoms with van der Waals surface area (Å²) in [4.78, 5) is 14.6. The van der Waals surface area contributed by atoms with E-state index in [4.69, 9.17) is 9.47 Å². The molecule has 1 aliphatic rings. The summed E-state index contributed by atoms with van der Waals surface area (Å²) in [5.41, 5.74) is 0.674. The molecule has 23 heavy (non-hydrogen) atoms. The standard InChI is InChI=1S/C18H28N2O3/c1-4-22-15-8-9-17(23-5-2)16(11-15)19-18(21)13-20-10-6-7-14(3)12-20/h8-9,11,14H,4-7,10,12-13H2,1-3H3,(H,19,21)/t14-/m0/s1. The molecule has 1 aliphatic heterocycles. The Labute approximate surface area is 139 Å². The maximum absolute atomic E-state index is 12.4. The van der Waals surface area contributed by atoms with Crippen LogP contribution in [0.4, 0.5) is 5.69 Å². The second-order valence-electron chi connectivity index (χ2n) is 6.05. The second-order valence-corrected chi connectivity index (χ2v) is 6.05. The minimum Gasteiger partial charge on any atom is -0.494 e. The van der Waals surface area contributed by atoms with Crippen LogP contribution in [0.25, 0.3) is 0 Å². The van der Waals surface area contributed by atoms with Crippen LogP contribution in [0, 0.1) is 5.92 Å². The van der Waals surface area contributed by atoms with Crippen molar-refractivity contribution in [2.24, 2.45) is 5.92 Å². The minimum atomic E-state index is -0.00583. The van der Waals surface area contributed by atoms with Crippen molar-refractivity contribution in [1.82, 2.24) is 4.90 Å². The number of hydrogen-bond donors (Lipinski definition) is 1. The highest BCUT2D eigenvalue weighted by molar-refractivity contribution is 5.94. The number of nitrogens with zero attached hydrogens (tertiary/aromatic N) is 1. The fourth-order valence-corrected chi connectivity index (χ4v) is 2.97. The van der Waals surface area contributed by atoms with Crippen molar-refractivity contribution in [3.63, 3.8) is 0 Å². The highest BCUT2D eigenvalue weighted by atomic mass is 16.5. The van der Waals surface area contributed by atoms with Gasteiger partial charge in [0.2, 0.25) is 5.91 Å². The molecule has 1 heterocycles. The van der Waals surface area contributed by atoms with Gasteiger partial charge in [0.25, 0.3) is 0 Å². The van der Waals surface area contributed by atoms with Gasteiger partial charge in [-0.15, -0.1) is 0 Å². The van der Waals surface area contributed by atoms with Crippen LogP contribution < -0.4 is 14.8 Å². The summed E-state index contributed by atoms with van der Waals surface area (Å²) in [5.74, 6) is 2.07. The van der Waals surface area contributed by atoms with Crippen molar-refractivity contribution >= 4 is 11.6 Å². The quantitative estimate of drug-likeness (QED) is 0.838. The lowest BCUT2D eigenvalue weighted by atomic mass is 10.0. The van der Waals surface area contributed by atoms with Gasteiger partial charge in [-0.05, 0) is 51.3 Å². The predicted molar refractivity (Wildman–Crippen MR) is 92.2 cm³/mol. The van der Waals surface area contributed by atoms with E-state index in [-0.39, 0.29) is 5.91 Å². The van der Waals surface area contributed by atoms with Gasteiger partial charge in [0.05, 0.1) is 25.4 Å². The minimum absolute atomic E-state index is 0.00583. The Kier molecular flexibility index (Phi) is 6.71. The second kappa shape index (κ2) is 8.77. The van der Waals surface area contributed by atoms with E-state index in [1.165, 1.54) is 12.8 Å². The molecule has 1 amide bonds. The molecule has 5 heteroatoms. The molecule has 0 unspecified atom stereocenters. The monoisotopic (exact) mass is 320 g/mol. The molecule has 0 spiro atoms. The Morgan fingerprint density at radius 2 is 2.09 bits per heavy atom. The van der Waals surface area contributed by atoms with Crippen molar-refractivity contribution in [2.45, 2.75) is 33.6 Å².